The number of alkyl halides is 2. The Hall–Kier alpha value is -3.49. The van der Waals surface area contributed by atoms with Crippen molar-refractivity contribution in [2.45, 2.75) is 56.5 Å². The summed E-state index contributed by atoms with van der Waals surface area (Å²) in [6.07, 6.45) is -0.781. The van der Waals surface area contributed by atoms with Gasteiger partial charge < -0.3 is 20.1 Å². The predicted molar refractivity (Wildman–Crippen MR) is 124 cm³/mol. The van der Waals surface area contributed by atoms with Gasteiger partial charge in [0.2, 0.25) is 5.91 Å². The van der Waals surface area contributed by atoms with E-state index in [0.717, 1.165) is 27.2 Å². The quantitative estimate of drug-likeness (QED) is 0.577. The number of alkyl carbamates (subject to hydrolysis) is 1. The number of nitrogens with one attached hydrogen (secondary N) is 1. The Morgan fingerprint density at radius 2 is 1.71 bits per heavy atom. The number of ether oxygens (including phenoxy) is 1. The molecule has 0 saturated carbocycles. The Kier molecular flexibility index (Phi) is 7.05. The molecule has 0 bridgehead atoms. The molecule has 35 heavy (non-hydrogen) atoms. The van der Waals surface area contributed by atoms with Crippen LogP contribution in [0, 0.1) is 0 Å². The van der Waals surface area contributed by atoms with Crippen LogP contribution >= 0.6 is 0 Å². The zero-order valence-corrected chi connectivity index (χ0v) is 19.4. The lowest BCUT2D eigenvalue weighted by atomic mass is 9.98. The van der Waals surface area contributed by atoms with Crippen LogP contribution in [0.3, 0.4) is 0 Å². The Bertz CT molecular complexity index is 1080. The SMILES string of the molecule is CC(CCCC(=O)N1CC(F)(F)CC1C(=O)O)NC(=O)OCC1c2ccccc2-c2ccccc21. The minimum Gasteiger partial charge on any atom is -0.480 e. The summed E-state index contributed by atoms with van der Waals surface area (Å²) in [5.74, 6) is -5.30. The maximum atomic E-state index is 13.6. The van der Waals surface area contributed by atoms with Crippen LogP contribution in [0.1, 0.15) is 49.7 Å². The molecule has 2 aromatic rings. The lowest BCUT2D eigenvalue weighted by Crippen LogP contribution is -2.41. The van der Waals surface area contributed by atoms with E-state index in [2.05, 4.69) is 17.4 Å². The molecule has 0 radical (unpaired) electrons. The Labute approximate surface area is 202 Å². The molecule has 9 heteroatoms. The van der Waals surface area contributed by atoms with Crippen LogP contribution in [0.15, 0.2) is 48.5 Å². The number of halogens is 2. The minimum absolute atomic E-state index is 0.0538. The standard InChI is InChI=1S/C26H28F2N2O5/c1-16(7-6-12-23(31)30-15-26(27,28)13-22(30)24(32)33)29-25(34)35-14-21-19-10-4-2-8-17(19)18-9-3-5-11-20(18)21/h2-5,8-11,16,21-22H,6-7,12-15H2,1H3,(H,29,34)(H,32,33). The summed E-state index contributed by atoms with van der Waals surface area (Å²) in [5, 5.41) is 11.9. The summed E-state index contributed by atoms with van der Waals surface area (Å²) in [6, 6.07) is 14.2. The molecule has 2 unspecified atom stereocenters. The van der Waals surface area contributed by atoms with Crippen LogP contribution < -0.4 is 5.32 Å². The van der Waals surface area contributed by atoms with Gasteiger partial charge in [0.1, 0.15) is 12.6 Å². The van der Waals surface area contributed by atoms with E-state index in [0.29, 0.717) is 12.8 Å². The second kappa shape index (κ2) is 10.0. The van der Waals surface area contributed by atoms with E-state index in [1.54, 1.807) is 6.92 Å². The lowest BCUT2D eigenvalue weighted by Gasteiger charge is -2.21. The fraction of sp³-hybridized carbons (Fsp3) is 0.423. The number of fused-ring (bicyclic) bond motifs is 3. The van der Waals surface area contributed by atoms with E-state index in [4.69, 9.17) is 9.84 Å². The van der Waals surface area contributed by atoms with Gasteiger partial charge in [0.15, 0.2) is 0 Å². The number of hydrogen-bond donors (Lipinski definition) is 2. The molecule has 4 rings (SSSR count). The first kappa shape index (κ1) is 24.6. The Morgan fingerprint density at radius 1 is 1.11 bits per heavy atom. The van der Waals surface area contributed by atoms with Crippen molar-refractivity contribution in [1.82, 2.24) is 10.2 Å². The maximum Gasteiger partial charge on any atom is 0.407 e. The van der Waals surface area contributed by atoms with Crippen molar-refractivity contribution in [3.63, 3.8) is 0 Å². The molecule has 2 N–H and O–H groups in total. The molecule has 2 amide bonds. The first-order valence-corrected chi connectivity index (χ1v) is 11.7. The van der Waals surface area contributed by atoms with Gasteiger partial charge in [-0.15, -0.1) is 0 Å². The lowest BCUT2D eigenvalue weighted by molar-refractivity contribution is -0.148. The first-order chi connectivity index (χ1) is 16.7. The van der Waals surface area contributed by atoms with Gasteiger partial charge in [-0.3, -0.25) is 4.79 Å². The summed E-state index contributed by atoms with van der Waals surface area (Å²) in [6.45, 7) is 1.07. The molecule has 7 nitrogen and oxygen atoms in total. The second-order valence-electron chi connectivity index (χ2n) is 9.20. The van der Waals surface area contributed by atoms with Crippen molar-refractivity contribution in [3.05, 3.63) is 59.7 Å². The molecule has 1 aliphatic carbocycles. The van der Waals surface area contributed by atoms with E-state index >= 15 is 0 Å². The van der Waals surface area contributed by atoms with Gasteiger partial charge in [-0.2, -0.15) is 0 Å². The number of aliphatic carboxylic acids is 1. The topological polar surface area (TPSA) is 95.9 Å². The normalized spacial score (nSPS) is 19.1. The zero-order valence-electron chi connectivity index (χ0n) is 19.4. The van der Waals surface area contributed by atoms with Gasteiger partial charge in [0, 0.05) is 24.8 Å². The van der Waals surface area contributed by atoms with E-state index in [1.165, 1.54) is 0 Å². The molecule has 2 aliphatic rings. The molecule has 186 valence electrons. The molecular formula is C26H28F2N2O5. The van der Waals surface area contributed by atoms with Crippen molar-refractivity contribution < 1.29 is 33.0 Å². The summed E-state index contributed by atoms with van der Waals surface area (Å²) < 4.78 is 32.7. The highest BCUT2D eigenvalue weighted by Gasteiger charge is 2.49. The number of carbonyl (C=O) groups is 3. The molecule has 1 aliphatic heterocycles. The van der Waals surface area contributed by atoms with Gasteiger partial charge in [-0.25, -0.2) is 18.4 Å². The maximum absolute atomic E-state index is 13.6. The summed E-state index contributed by atoms with van der Waals surface area (Å²) in [7, 11) is 0. The van der Waals surface area contributed by atoms with Crippen molar-refractivity contribution in [2.24, 2.45) is 0 Å². The number of rotatable bonds is 8. The van der Waals surface area contributed by atoms with Gasteiger partial charge >= 0.3 is 12.1 Å². The van der Waals surface area contributed by atoms with Crippen LogP contribution in [0.25, 0.3) is 11.1 Å². The van der Waals surface area contributed by atoms with Crippen LogP contribution in [0.5, 0.6) is 0 Å². The van der Waals surface area contributed by atoms with E-state index in [1.807, 2.05) is 36.4 Å². The number of benzene rings is 2. The van der Waals surface area contributed by atoms with E-state index < -0.39 is 42.9 Å². The monoisotopic (exact) mass is 486 g/mol. The predicted octanol–water partition coefficient (Wildman–Crippen LogP) is 4.40. The van der Waals surface area contributed by atoms with Crippen LogP contribution in [-0.4, -0.2) is 59.1 Å². The van der Waals surface area contributed by atoms with Gasteiger partial charge in [0.05, 0.1) is 6.54 Å². The van der Waals surface area contributed by atoms with Crippen molar-refractivity contribution in [1.29, 1.82) is 0 Å². The molecule has 2 atom stereocenters. The summed E-state index contributed by atoms with van der Waals surface area (Å²) >= 11 is 0. The van der Waals surface area contributed by atoms with Crippen LogP contribution in [0.4, 0.5) is 13.6 Å². The zero-order chi connectivity index (χ0) is 25.2. The van der Waals surface area contributed by atoms with E-state index in [9.17, 15) is 23.2 Å². The van der Waals surface area contributed by atoms with Crippen molar-refractivity contribution in [2.75, 3.05) is 13.2 Å². The van der Waals surface area contributed by atoms with Crippen LogP contribution in [-0.2, 0) is 14.3 Å². The summed E-state index contributed by atoms with van der Waals surface area (Å²) in [5.41, 5.74) is 4.49. The largest absolute Gasteiger partial charge is 0.480 e. The smallest absolute Gasteiger partial charge is 0.407 e. The highest BCUT2D eigenvalue weighted by Crippen LogP contribution is 2.44. The Morgan fingerprint density at radius 3 is 2.31 bits per heavy atom. The van der Waals surface area contributed by atoms with Gasteiger partial charge in [-0.05, 0) is 42.0 Å². The molecule has 1 heterocycles. The molecule has 0 aromatic heterocycles. The number of carbonyl (C=O) groups excluding carboxylic acids is 2. The third-order valence-corrected chi connectivity index (χ3v) is 6.61. The third kappa shape index (κ3) is 5.44. The van der Waals surface area contributed by atoms with Crippen molar-refractivity contribution >= 4 is 18.0 Å². The summed E-state index contributed by atoms with van der Waals surface area (Å²) in [4.78, 5) is 36.6. The first-order valence-electron chi connectivity index (χ1n) is 11.7. The molecular weight excluding hydrogens is 458 g/mol. The number of likely N-dealkylation sites (tertiary alicyclic amines) is 1. The molecule has 1 saturated heterocycles. The molecule has 0 spiro atoms. The number of nitrogens with zero attached hydrogens (tertiary/aromatic N) is 1. The average Bonchev–Trinajstić information content (AvgIpc) is 3.32. The number of hydrogen-bond acceptors (Lipinski definition) is 4. The minimum atomic E-state index is -3.20. The highest BCUT2D eigenvalue weighted by molar-refractivity contribution is 5.84. The number of carboxylic acids is 1. The van der Waals surface area contributed by atoms with Crippen LogP contribution in [0.2, 0.25) is 0 Å². The fourth-order valence-electron chi connectivity index (χ4n) is 4.92. The van der Waals surface area contributed by atoms with Gasteiger partial charge in [-0.1, -0.05) is 48.5 Å². The van der Waals surface area contributed by atoms with E-state index in [-0.39, 0.29) is 25.0 Å². The molecule has 2 aromatic carbocycles. The van der Waals surface area contributed by atoms with Gasteiger partial charge in [0.25, 0.3) is 5.92 Å². The fourth-order valence-corrected chi connectivity index (χ4v) is 4.92. The number of amides is 2. The van der Waals surface area contributed by atoms with Crippen molar-refractivity contribution in [3.8, 4) is 11.1 Å². The molecule has 1 fully saturated rings. The number of carboxylic acid groups (broad SMARTS) is 1. The highest BCUT2D eigenvalue weighted by atomic mass is 19.3. The Balaban J connectivity index is 1.23. The average molecular weight is 487 g/mol. The second-order valence-corrected chi connectivity index (χ2v) is 9.20. The third-order valence-electron chi connectivity index (χ3n) is 6.61.